The predicted octanol–water partition coefficient (Wildman–Crippen LogP) is 4.15. The summed E-state index contributed by atoms with van der Waals surface area (Å²) in [5, 5.41) is 20.3. The smallest absolute Gasteiger partial charge is 0.353 e. The number of ether oxygens (including phenoxy) is 1. The molecule has 0 saturated heterocycles. The van der Waals surface area contributed by atoms with Crippen molar-refractivity contribution in [2.24, 2.45) is 0 Å². The first-order valence-corrected chi connectivity index (χ1v) is 8.93. The summed E-state index contributed by atoms with van der Waals surface area (Å²) in [6, 6.07) is 12.1. The third-order valence-electron chi connectivity index (χ3n) is 4.08. The lowest BCUT2D eigenvalue weighted by Gasteiger charge is -2.13. The van der Waals surface area contributed by atoms with Gasteiger partial charge in [-0.05, 0) is 48.9 Å². The molecule has 10 nitrogen and oxygen atoms in total. The molecule has 10 heteroatoms. The van der Waals surface area contributed by atoms with Gasteiger partial charge in [0.1, 0.15) is 12.1 Å². The minimum absolute atomic E-state index is 0.0243. The summed E-state index contributed by atoms with van der Waals surface area (Å²) in [5.41, 5.74) is 2.36. The van der Waals surface area contributed by atoms with E-state index < -0.39 is 4.92 Å². The summed E-state index contributed by atoms with van der Waals surface area (Å²) >= 11 is 0. The molecule has 1 amide bonds. The number of hydrogen-bond acceptors (Lipinski definition) is 8. The van der Waals surface area contributed by atoms with Crippen LogP contribution in [0.4, 0.5) is 34.4 Å². The molecule has 0 bridgehead atoms. The van der Waals surface area contributed by atoms with Gasteiger partial charge in [-0.25, -0.2) is 9.97 Å². The monoisotopic (exact) mass is 408 g/mol. The molecule has 3 rings (SSSR count). The second-order valence-electron chi connectivity index (χ2n) is 6.39. The van der Waals surface area contributed by atoms with Crippen LogP contribution >= 0.6 is 0 Å². The van der Waals surface area contributed by atoms with Crippen molar-refractivity contribution in [1.29, 1.82) is 0 Å². The molecule has 1 aromatic heterocycles. The zero-order valence-electron chi connectivity index (χ0n) is 16.6. The van der Waals surface area contributed by atoms with Crippen molar-refractivity contribution in [3.8, 4) is 5.75 Å². The van der Waals surface area contributed by atoms with Gasteiger partial charge in [0.2, 0.25) is 17.5 Å². The average molecular weight is 408 g/mol. The summed E-state index contributed by atoms with van der Waals surface area (Å²) in [6.07, 6.45) is 1.23. The number of hydrogen-bond donors (Lipinski definition) is 3. The van der Waals surface area contributed by atoms with E-state index in [0.29, 0.717) is 22.8 Å². The molecular weight excluding hydrogens is 388 g/mol. The summed E-state index contributed by atoms with van der Waals surface area (Å²) in [7, 11) is 1.52. The molecule has 2 aromatic carbocycles. The highest BCUT2D eigenvalue weighted by atomic mass is 16.6. The van der Waals surface area contributed by atoms with Gasteiger partial charge in [-0.15, -0.1) is 0 Å². The van der Waals surface area contributed by atoms with Crippen LogP contribution in [-0.4, -0.2) is 27.9 Å². The van der Waals surface area contributed by atoms with Gasteiger partial charge in [0.15, 0.2) is 0 Å². The van der Waals surface area contributed by atoms with E-state index in [0.717, 1.165) is 5.56 Å². The van der Waals surface area contributed by atoms with Crippen molar-refractivity contribution in [3.63, 3.8) is 0 Å². The number of amides is 1. The third kappa shape index (κ3) is 4.79. The fourth-order valence-corrected chi connectivity index (χ4v) is 2.76. The molecule has 0 atom stereocenters. The minimum Gasteiger partial charge on any atom is -0.495 e. The van der Waals surface area contributed by atoms with E-state index in [1.807, 2.05) is 13.0 Å². The SMILES string of the molecule is COc1ccc(C)cc1Nc1ncnc(Nc2ccc(NC(C)=O)cc2)c1[N+](=O)[O-]. The number of nitrogens with zero attached hydrogens (tertiary/aromatic N) is 3. The Morgan fingerprint density at radius 2 is 1.67 bits per heavy atom. The number of methoxy groups -OCH3 is 1. The maximum atomic E-state index is 11.8. The lowest BCUT2D eigenvalue weighted by atomic mass is 10.2. The Kier molecular flexibility index (Phi) is 6.06. The topological polar surface area (TPSA) is 131 Å². The molecule has 3 aromatic rings. The van der Waals surface area contributed by atoms with E-state index in [1.165, 1.54) is 20.4 Å². The van der Waals surface area contributed by atoms with Crippen molar-refractivity contribution < 1.29 is 14.5 Å². The van der Waals surface area contributed by atoms with Crippen LogP contribution in [0.15, 0.2) is 48.8 Å². The Hall–Kier alpha value is -4.21. The Bertz CT molecular complexity index is 1090. The largest absolute Gasteiger partial charge is 0.495 e. The maximum Gasteiger partial charge on any atom is 0.353 e. The molecule has 0 fully saturated rings. The zero-order chi connectivity index (χ0) is 21.7. The predicted molar refractivity (Wildman–Crippen MR) is 114 cm³/mol. The molecule has 0 radical (unpaired) electrons. The van der Waals surface area contributed by atoms with Crippen molar-refractivity contribution in [3.05, 3.63) is 64.5 Å². The normalized spacial score (nSPS) is 10.2. The Morgan fingerprint density at radius 1 is 1.03 bits per heavy atom. The molecule has 0 spiro atoms. The highest BCUT2D eigenvalue weighted by Crippen LogP contribution is 2.35. The molecule has 3 N–H and O–H groups in total. The number of benzene rings is 2. The van der Waals surface area contributed by atoms with E-state index in [4.69, 9.17) is 4.74 Å². The average Bonchev–Trinajstić information content (AvgIpc) is 2.69. The molecular formula is C20H20N6O4. The van der Waals surface area contributed by atoms with Crippen molar-refractivity contribution in [1.82, 2.24) is 9.97 Å². The first-order chi connectivity index (χ1) is 14.4. The van der Waals surface area contributed by atoms with Gasteiger partial charge in [0.25, 0.3) is 0 Å². The van der Waals surface area contributed by atoms with Crippen LogP contribution in [0, 0.1) is 17.0 Å². The highest BCUT2D eigenvalue weighted by molar-refractivity contribution is 5.89. The number of nitrogens with one attached hydrogen (secondary N) is 3. The van der Waals surface area contributed by atoms with Gasteiger partial charge in [0.05, 0.1) is 17.7 Å². The molecule has 0 unspecified atom stereocenters. The Labute approximate surface area is 172 Å². The summed E-state index contributed by atoms with van der Waals surface area (Å²) in [4.78, 5) is 30.4. The van der Waals surface area contributed by atoms with E-state index in [9.17, 15) is 14.9 Å². The number of aromatic nitrogens is 2. The summed E-state index contributed by atoms with van der Waals surface area (Å²) in [6.45, 7) is 3.31. The van der Waals surface area contributed by atoms with Crippen LogP contribution in [0.3, 0.4) is 0 Å². The van der Waals surface area contributed by atoms with Gasteiger partial charge in [-0.2, -0.15) is 0 Å². The first kappa shape index (κ1) is 20.5. The van der Waals surface area contributed by atoms with Gasteiger partial charge in [0, 0.05) is 18.3 Å². The van der Waals surface area contributed by atoms with Crippen LogP contribution in [0.2, 0.25) is 0 Å². The van der Waals surface area contributed by atoms with Crippen LogP contribution in [0.5, 0.6) is 5.75 Å². The fraction of sp³-hybridized carbons (Fsp3) is 0.150. The van der Waals surface area contributed by atoms with E-state index in [-0.39, 0.29) is 23.2 Å². The first-order valence-electron chi connectivity index (χ1n) is 8.93. The van der Waals surface area contributed by atoms with Crippen LogP contribution in [0.1, 0.15) is 12.5 Å². The quantitative estimate of drug-likeness (QED) is 0.392. The second kappa shape index (κ2) is 8.86. The van der Waals surface area contributed by atoms with Crippen molar-refractivity contribution in [2.45, 2.75) is 13.8 Å². The van der Waals surface area contributed by atoms with E-state index in [2.05, 4.69) is 25.9 Å². The second-order valence-corrected chi connectivity index (χ2v) is 6.39. The summed E-state index contributed by atoms with van der Waals surface area (Å²) < 4.78 is 5.32. The molecule has 0 aliphatic heterocycles. The van der Waals surface area contributed by atoms with Crippen molar-refractivity contribution >= 4 is 40.3 Å². The maximum absolute atomic E-state index is 11.8. The number of aryl methyl sites for hydroxylation is 1. The highest BCUT2D eigenvalue weighted by Gasteiger charge is 2.24. The lowest BCUT2D eigenvalue weighted by Crippen LogP contribution is -2.07. The number of carbonyl (C=O) groups is 1. The molecule has 0 saturated carbocycles. The standard InChI is InChI=1S/C20H20N6O4/c1-12-4-9-17(30-3)16(10-12)25-20-18(26(28)29)19(21-11-22-20)24-15-7-5-14(6-8-15)23-13(2)27/h4-11H,1-3H3,(H,23,27)(H2,21,22,24,25). The summed E-state index contributed by atoms with van der Waals surface area (Å²) in [5.74, 6) is 0.383. The molecule has 30 heavy (non-hydrogen) atoms. The third-order valence-corrected chi connectivity index (χ3v) is 4.08. The minimum atomic E-state index is -0.557. The van der Waals surface area contributed by atoms with Crippen LogP contribution < -0.4 is 20.7 Å². The fourth-order valence-electron chi connectivity index (χ4n) is 2.76. The van der Waals surface area contributed by atoms with Gasteiger partial charge < -0.3 is 20.7 Å². The molecule has 154 valence electrons. The van der Waals surface area contributed by atoms with Gasteiger partial charge >= 0.3 is 5.69 Å². The van der Waals surface area contributed by atoms with Gasteiger partial charge in [-0.1, -0.05) is 6.07 Å². The Morgan fingerprint density at radius 3 is 2.27 bits per heavy atom. The lowest BCUT2D eigenvalue weighted by molar-refractivity contribution is -0.383. The van der Waals surface area contributed by atoms with Gasteiger partial charge in [-0.3, -0.25) is 14.9 Å². The molecule has 0 aliphatic carbocycles. The van der Waals surface area contributed by atoms with Crippen LogP contribution in [-0.2, 0) is 4.79 Å². The zero-order valence-corrected chi connectivity index (χ0v) is 16.6. The number of anilines is 5. The number of nitro groups is 1. The Balaban J connectivity index is 1.93. The van der Waals surface area contributed by atoms with E-state index in [1.54, 1.807) is 36.4 Å². The van der Waals surface area contributed by atoms with E-state index >= 15 is 0 Å². The number of rotatable bonds is 7. The molecule has 0 aliphatic rings. The molecule has 1 heterocycles. The van der Waals surface area contributed by atoms with Crippen molar-refractivity contribution in [2.75, 3.05) is 23.1 Å². The van der Waals surface area contributed by atoms with Crippen LogP contribution in [0.25, 0.3) is 0 Å². The number of carbonyl (C=O) groups excluding carboxylic acids is 1.